The molecule has 7 N–H and O–H groups in total. The van der Waals surface area contributed by atoms with Crippen LogP contribution in [0.4, 0.5) is 0 Å². The van der Waals surface area contributed by atoms with E-state index >= 15 is 0 Å². The highest BCUT2D eigenvalue weighted by Crippen LogP contribution is 2.23. The van der Waals surface area contributed by atoms with Gasteiger partial charge in [-0.2, -0.15) is 0 Å². The molecule has 0 bridgehead atoms. The molecule has 1 aliphatic heterocycles. The molecule has 1 amide bonds. The van der Waals surface area contributed by atoms with E-state index in [1.54, 1.807) is 6.08 Å². The van der Waals surface area contributed by atoms with E-state index in [2.05, 4.69) is 31.3 Å². The number of aliphatic hydroxyl groups excluding tert-OH is 6. The Labute approximate surface area is 431 Å². The maximum atomic E-state index is 13.1. The minimum atomic E-state index is -1.61. The fraction of sp³-hybridized carbons (Fsp3) is 0.917. The number of ether oxygens (including phenoxy) is 2. The van der Waals surface area contributed by atoms with Crippen molar-refractivity contribution in [2.45, 2.75) is 339 Å². The molecule has 0 aliphatic carbocycles. The highest BCUT2D eigenvalue weighted by atomic mass is 16.7. The molecule has 0 saturated carbocycles. The average Bonchev–Trinajstić information content (AvgIpc) is 3.36. The number of carbonyl (C=O) groups is 1. The highest BCUT2D eigenvalue weighted by molar-refractivity contribution is 5.80. The van der Waals surface area contributed by atoms with Gasteiger partial charge in [0.05, 0.1) is 25.4 Å². The third-order valence-electron chi connectivity index (χ3n) is 14.6. The van der Waals surface area contributed by atoms with Crippen LogP contribution in [0.3, 0.4) is 0 Å². The zero-order chi connectivity index (χ0) is 51.0. The van der Waals surface area contributed by atoms with Gasteiger partial charge in [0.15, 0.2) is 6.29 Å². The van der Waals surface area contributed by atoms with Crippen molar-refractivity contribution in [2.24, 2.45) is 0 Å². The Morgan fingerprint density at radius 1 is 0.486 bits per heavy atom. The van der Waals surface area contributed by atoms with Crippen LogP contribution in [0, 0.1) is 0 Å². The predicted molar refractivity (Wildman–Crippen MR) is 292 cm³/mol. The maximum absolute atomic E-state index is 13.1. The third kappa shape index (κ3) is 38.2. The van der Waals surface area contributed by atoms with Crippen molar-refractivity contribution in [3.05, 3.63) is 24.3 Å². The molecule has 0 aromatic rings. The number of nitrogens with one attached hydrogen (secondary N) is 1. The lowest BCUT2D eigenvalue weighted by Crippen LogP contribution is -2.60. The first-order valence-corrected chi connectivity index (χ1v) is 30.2. The molecule has 8 atom stereocenters. The number of rotatable bonds is 52. The number of unbranched alkanes of at least 4 members (excludes halogenated alkanes) is 39. The first kappa shape index (κ1) is 66.6. The number of carbonyl (C=O) groups excluding carboxylic acids is 1. The van der Waals surface area contributed by atoms with Gasteiger partial charge in [-0.05, 0) is 44.9 Å². The van der Waals surface area contributed by atoms with Gasteiger partial charge in [0.1, 0.15) is 30.5 Å². The zero-order valence-corrected chi connectivity index (χ0v) is 45.7. The number of aliphatic hydroxyl groups is 6. The fourth-order valence-electron chi connectivity index (χ4n) is 9.75. The summed E-state index contributed by atoms with van der Waals surface area (Å²) in [7, 11) is 0. The molecule has 1 heterocycles. The van der Waals surface area contributed by atoms with Crippen LogP contribution in [0.25, 0.3) is 0 Å². The minimum Gasteiger partial charge on any atom is -0.394 e. The lowest BCUT2D eigenvalue weighted by atomic mass is 9.99. The highest BCUT2D eigenvalue weighted by Gasteiger charge is 2.44. The average molecular weight is 995 g/mol. The Balaban J connectivity index is 2.16. The van der Waals surface area contributed by atoms with Gasteiger partial charge in [-0.3, -0.25) is 4.79 Å². The molecule has 0 aromatic heterocycles. The topological polar surface area (TPSA) is 169 Å². The van der Waals surface area contributed by atoms with E-state index in [9.17, 15) is 35.4 Å². The van der Waals surface area contributed by atoms with Crippen molar-refractivity contribution >= 4 is 5.91 Å². The second-order valence-corrected chi connectivity index (χ2v) is 21.3. The Bertz CT molecular complexity index is 1170. The van der Waals surface area contributed by atoms with Gasteiger partial charge in [-0.1, -0.05) is 269 Å². The monoisotopic (exact) mass is 994 g/mol. The van der Waals surface area contributed by atoms with Crippen molar-refractivity contribution in [3.8, 4) is 0 Å². The molecule has 10 heteroatoms. The summed E-state index contributed by atoms with van der Waals surface area (Å²) in [5.41, 5.74) is 0. The zero-order valence-electron chi connectivity index (χ0n) is 45.7. The number of amides is 1. The summed E-state index contributed by atoms with van der Waals surface area (Å²) >= 11 is 0. The van der Waals surface area contributed by atoms with Crippen LogP contribution in [0.15, 0.2) is 24.3 Å². The molecule has 1 aliphatic rings. The smallest absolute Gasteiger partial charge is 0.249 e. The van der Waals surface area contributed by atoms with E-state index in [1.165, 1.54) is 225 Å². The summed E-state index contributed by atoms with van der Waals surface area (Å²) in [6.45, 7) is 3.64. The second-order valence-electron chi connectivity index (χ2n) is 21.3. The Morgan fingerprint density at radius 3 is 1.20 bits per heavy atom. The van der Waals surface area contributed by atoms with Crippen molar-refractivity contribution in [1.82, 2.24) is 5.32 Å². The van der Waals surface area contributed by atoms with E-state index in [-0.39, 0.29) is 6.61 Å². The molecule has 414 valence electrons. The van der Waals surface area contributed by atoms with E-state index in [4.69, 9.17) is 9.47 Å². The fourth-order valence-corrected chi connectivity index (χ4v) is 9.75. The van der Waals surface area contributed by atoms with Crippen LogP contribution in [0.2, 0.25) is 0 Å². The molecule has 0 spiro atoms. The van der Waals surface area contributed by atoms with Crippen LogP contribution in [-0.2, 0) is 14.3 Å². The van der Waals surface area contributed by atoms with Crippen LogP contribution >= 0.6 is 0 Å². The molecule has 8 unspecified atom stereocenters. The third-order valence-corrected chi connectivity index (χ3v) is 14.6. The molecular formula is C60H115NO9. The van der Waals surface area contributed by atoms with Crippen LogP contribution in [-0.4, -0.2) is 98.7 Å². The molecule has 0 radical (unpaired) electrons. The van der Waals surface area contributed by atoms with Gasteiger partial charge in [0.2, 0.25) is 5.91 Å². The summed E-state index contributed by atoms with van der Waals surface area (Å²) < 4.78 is 11.2. The molecule has 10 nitrogen and oxygen atoms in total. The van der Waals surface area contributed by atoms with Crippen molar-refractivity contribution in [3.63, 3.8) is 0 Å². The summed E-state index contributed by atoms with van der Waals surface area (Å²) in [6, 6.07) is -0.978. The standard InChI is InChI=1S/C60H115NO9/c1-3-5-7-9-11-13-15-17-19-20-21-22-23-24-25-26-27-28-29-30-31-32-33-34-35-37-39-41-43-45-47-49-54(64)59(68)61-52(51-69-60-58(67)57(66)56(65)55(50-62)70-60)53(63)48-46-44-42-40-38-36-18-16-14-12-10-8-6-4-2/h24-25,46,48,52-58,60,62-67H,3-23,26-45,47,49-51H2,1-2H3,(H,61,68)/b25-24-,48-46+. The number of allylic oxidation sites excluding steroid dienone is 3. The predicted octanol–water partition coefficient (Wildman–Crippen LogP) is 13.9. The summed E-state index contributed by atoms with van der Waals surface area (Å²) in [5, 5.41) is 65.0. The molecule has 1 rings (SSSR count). The van der Waals surface area contributed by atoms with E-state index in [0.29, 0.717) is 6.42 Å². The van der Waals surface area contributed by atoms with Crippen LogP contribution in [0.1, 0.15) is 290 Å². The molecule has 1 saturated heterocycles. The number of hydrogen-bond acceptors (Lipinski definition) is 9. The van der Waals surface area contributed by atoms with Gasteiger partial charge in [-0.15, -0.1) is 0 Å². The molecule has 0 aromatic carbocycles. The van der Waals surface area contributed by atoms with Crippen LogP contribution in [0.5, 0.6) is 0 Å². The van der Waals surface area contributed by atoms with Gasteiger partial charge < -0.3 is 45.4 Å². The van der Waals surface area contributed by atoms with Crippen molar-refractivity contribution < 1.29 is 44.9 Å². The SMILES string of the molecule is CCCCCCCCCCCCCC/C=C\CCCCCCCCCCCCCCCCCC(O)C(=O)NC(COC1OC(CO)C(O)C(O)C1O)C(O)/C=C/CCCCCCCCCCCCCC. The molecule has 1 fully saturated rings. The second kappa shape index (κ2) is 49.8. The van der Waals surface area contributed by atoms with Gasteiger partial charge in [0.25, 0.3) is 0 Å². The van der Waals surface area contributed by atoms with Crippen molar-refractivity contribution in [2.75, 3.05) is 13.2 Å². The normalized spacial score (nSPS) is 19.9. The van der Waals surface area contributed by atoms with E-state index in [1.807, 2.05) is 6.08 Å². The van der Waals surface area contributed by atoms with Gasteiger partial charge >= 0.3 is 0 Å². The van der Waals surface area contributed by atoms with Crippen LogP contribution < -0.4 is 5.32 Å². The number of hydrogen-bond donors (Lipinski definition) is 7. The van der Waals surface area contributed by atoms with E-state index in [0.717, 1.165) is 44.9 Å². The summed E-state index contributed by atoms with van der Waals surface area (Å²) in [6.07, 6.45) is 53.0. The first-order valence-electron chi connectivity index (χ1n) is 30.2. The first-order chi connectivity index (χ1) is 34.3. The van der Waals surface area contributed by atoms with Crippen molar-refractivity contribution in [1.29, 1.82) is 0 Å². The lowest BCUT2D eigenvalue weighted by Gasteiger charge is -2.40. The maximum Gasteiger partial charge on any atom is 0.249 e. The summed E-state index contributed by atoms with van der Waals surface area (Å²) in [5.74, 6) is -0.612. The van der Waals surface area contributed by atoms with Gasteiger partial charge in [0, 0.05) is 0 Å². The van der Waals surface area contributed by atoms with Gasteiger partial charge in [-0.25, -0.2) is 0 Å². The quantitative estimate of drug-likeness (QED) is 0.0232. The Kier molecular flexibility index (Phi) is 47.4. The Morgan fingerprint density at radius 2 is 0.829 bits per heavy atom. The lowest BCUT2D eigenvalue weighted by molar-refractivity contribution is -0.302. The largest absolute Gasteiger partial charge is 0.394 e. The Hall–Kier alpha value is -1.37. The molecular weight excluding hydrogens is 879 g/mol. The molecule has 70 heavy (non-hydrogen) atoms. The summed E-state index contributed by atoms with van der Waals surface area (Å²) in [4.78, 5) is 13.1. The minimum absolute atomic E-state index is 0.302. The van der Waals surface area contributed by atoms with E-state index < -0.39 is 61.5 Å².